The van der Waals surface area contributed by atoms with Crippen molar-refractivity contribution in [3.05, 3.63) is 59.1 Å². The van der Waals surface area contributed by atoms with Crippen LogP contribution in [0.4, 0.5) is 5.69 Å². The Hall–Kier alpha value is -2.50. The van der Waals surface area contributed by atoms with Crippen molar-refractivity contribution in [1.29, 1.82) is 0 Å². The molecule has 0 atom stereocenters. The van der Waals surface area contributed by atoms with E-state index < -0.39 is 0 Å². The second kappa shape index (κ2) is 13.7. The maximum atomic E-state index is 12.3. The van der Waals surface area contributed by atoms with Gasteiger partial charge in [0.25, 0.3) is 0 Å². The summed E-state index contributed by atoms with van der Waals surface area (Å²) < 4.78 is 11.4. The van der Waals surface area contributed by atoms with Crippen molar-refractivity contribution in [2.24, 2.45) is 0 Å². The Morgan fingerprint density at radius 1 is 1.06 bits per heavy atom. The standard InChI is InChI=1S/C25H33ClN2O3/c1-4-14-28(15-5-2)16-7-17-31-24-19-22(11-12-23(24)30-3)27-25(29)13-10-20-8-6-9-21(26)18-20/h6,8-13,18-19H,4-5,7,14-17H2,1-3H3,(H,27,29). The summed E-state index contributed by atoms with van der Waals surface area (Å²) in [6.45, 7) is 8.23. The van der Waals surface area contributed by atoms with Crippen LogP contribution >= 0.6 is 11.6 Å². The first-order valence-electron chi connectivity index (χ1n) is 10.8. The van der Waals surface area contributed by atoms with Crippen molar-refractivity contribution >= 4 is 29.3 Å². The predicted molar refractivity (Wildman–Crippen MR) is 129 cm³/mol. The van der Waals surface area contributed by atoms with Crippen LogP contribution in [0.15, 0.2) is 48.5 Å². The topological polar surface area (TPSA) is 50.8 Å². The molecule has 1 N–H and O–H groups in total. The lowest BCUT2D eigenvalue weighted by Gasteiger charge is -2.21. The molecule has 0 aliphatic carbocycles. The molecule has 0 aliphatic rings. The molecule has 0 heterocycles. The summed E-state index contributed by atoms with van der Waals surface area (Å²) in [5.41, 5.74) is 1.51. The molecule has 0 unspecified atom stereocenters. The van der Waals surface area contributed by atoms with E-state index in [9.17, 15) is 4.79 Å². The van der Waals surface area contributed by atoms with Gasteiger partial charge in [-0.25, -0.2) is 0 Å². The summed E-state index contributed by atoms with van der Waals surface area (Å²) in [5.74, 6) is 1.04. The summed E-state index contributed by atoms with van der Waals surface area (Å²) >= 11 is 5.97. The van der Waals surface area contributed by atoms with Crippen LogP contribution in [0, 0.1) is 0 Å². The van der Waals surface area contributed by atoms with Crippen molar-refractivity contribution in [1.82, 2.24) is 4.90 Å². The zero-order chi connectivity index (χ0) is 22.5. The zero-order valence-corrected chi connectivity index (χ0v) is 19.5. The second-order valence-electron chi connectivity index (χ2n) is 7.29. The molecule has 31 heavy (non-hydrogen) atoms. The fourth-order valence-corrected chi connectivity index (χ4v) is 3.47. The van der Waals surface area contributed by atoms with E-state index in [1.54, 1.807) is 43.5 Å². The molecule has 0 radical (unpaired) electrons. The lowest BCUT2D eigenvalue weighted by atomic mass is 10.2. The van der Waals surface area contributed by atoms with Gasteiger partial charge in [0.2, 0.25) is 5.91 Å². The van der Waals surface area contributed by atoms with E-state index in [4.69, 9.17) is 21.1 Å². The fraction of sp³-hybridized carbons (Fsp3) is 0.400. The van der Waals surface area contributed by atoms with E-state index in [-0.39, 0.29) is 5.91 Å². The van der Waals surface area contributed by atoms with Crippen molar-refractivity contribution in [2.75, 3.05) is 38.7 Å². The van der Waals surface area contributed by atoms with E-state index in [0.29, 0.717) is 28.8 Å². The quantitative estimate of drug-likeness (QED) is 0.309. The highest BCUT2D eigenvalue weighted by Gasteiger charge is 2.08. The first-order valence-corrected chi connectivity index (χ1v) is 11.2. The van der Waals surface area contributed by atoms with Crippen LogP contribution < -0.4 is 14.8 Å². The lowest BCUT2D eigenvalue weighted by Crippen LogP contribution is -2.27. The van der Waals surface area contributed by atoms with Crippen LogP contribution in [-0.2, 0) is 4.79 Å². The molecule has 168 valence electrons. The number of anilines is 1. The minimum atomic E-state index is -0.231. The molecule has 1 amide bonds. The van der Waals surface area contributed by atoms with E-state index >= 15 is 0 Å². The van der Waals surface area contributed by atoms with Gasteiger partial charge in [0, 0.05) is 29.4 Å². The highest BCUT2D eigenvalue weighted by molar-refractivity contribution is 6.30. The third kappa shape index (κ3) is 9.03. The number of hydrogen-bond donors (Lipinski definition) is 1. The monoisotopic (exact) mass is 444 g/mol. The largest absolute Gasteiger partial charge is 0.493 e. The third-order valence-corrected chi connectivity index (χ3v) is 4.90. The second-order valence-corrected chi connectivity index (χ2v) is 7.72. The zero-order valence-electron chi connectivity index (χ0n) is 18.7. The van der Waals surface area contributed by atoms with Crippen LogP contribution in [0.3, 0.4) is 0 Å². The SMILES string of the molecule is CCCN(CCC)CCCOc1cc(NC(=O)C=Cc2cccc(Cl)c2)ccc1OC. The summed E-state index contributed by atoms with van der Waals surface area (Å²) in [4.78, 5) is 14.7. The van der Waals surface area contributed by atoms with E-state index in [1.807, 2.05) is 12.1 Å². The molecule has 0 bridgehead atoms. The number of nitrogens with one attached hydrogen (secondary N) is 1. The fourth-order valence-electron chi connectivity index (χ4n) is 3.27. The summed E-state index contributed by atoms with van der Waals surface area (Å²) in [6.07, 6.45) is 6.44. The number of rotatable bonds is 13. The number of hydrogen-bond acceptors (Lipinski definition) is 4. The molecular weight excluding hydrogens is 412 g/mol. The molecular formula is C25H33ClN2O3. The number of halogens is 1. The normalized spacial score (nSPS) is 11.1. The van der Waals surface area contributed by atoms with Gasteiger partial charge in [0.05, 0.1) is 13.7 Å². The Morgan fingerprint density at radius 3 is 2.52 bits per heavy atom. The maximum absolute atomic E-state index is 12.3. The van der Waals surface area contributed by atoms with E-state index in [1.165, 1.54) is 6.08 Å². The number of benzene rings is 2. The highest BCUT2D eigenvalue weighted by Crippen LogP contribution is 2.30. The first kappa shape index (κ1) is 24.8. The number of carbonyl (C=O) groups is 1. The van der Waals surface area contributed by atoms with Gasteiger partial charge in [-0.15, -0.1) is 0 Å². The average Bonchev–Trinajstić information content (AvgIpc) is 2.76. The molecule has 0 saturated heterocycles. The maximum Gasteiger partial charge on any atom is 0.248 e. The highest BCUT2D eigenvalue weighted by atomic mass is 35.5. The molecule has 0 spiro atoms. The molecule has 0 saturated carbocycles. The van der Waals surface area contributed by atoms with Crippen molar-refractivity contribution < 1.29 is 14.3 Å². The molecule has 0 fully saturated rings. The Morgan fingerprint density at radius 2 is 1.84 bits per heavy atom. The number of amides is 1. The van der Waals surface area contributed by atoms with Crippen molar-refractivity contribution in [3.8, 4) is 11.5 Å². The molecule has 2 aromatic rings. The van der Waals surface area contributed by atoms with Crippen molar-refractivity contribution in [3.63, 3.8) is 0 Å². The molecule has 0 aromatic heterocycles. The van der Waals surface area contributed by atoms with Crippen molar-refractivity contribution in [2.45, 2.75) is 33.1 Å². The van der Waals surface area contributed by atoms with Gasteiger partial charge in [0.1, 0.15) is 0 Å². The molecule has 0 aliphatic heterocycles. The van der Waals surface area contributed by atoms with Gasteiger partial charge in [-0.1, -0.05) is 37.6 Å². The van der Waals surface area contributed by atoms with Crippen LogP contribution in [0.2, 0.25) is 5.02 Å². The van der Waals surface area contributed by atoms with Crippen LogP contribution in [-0.4, -0.2) is 44.2 Å². The van der Waals surface area contributed by atoms with E-state index in [2.05, 4.69) is 24.1 Å². The van der Waals surface area contributed by atoms with Crippen LogP contribution in [0.25, 0.3) is 6.08 Å². The van der Waals surface area contributed by atoms with Gasteiger partial charge in [-0.05, 0) is 68.3 Å². The Balaban J connectivity index is 1.92. The van der Waals surface area contributed by atoms with E-state index in [0.717, 1.165) is 44.5 Å². The molecule has 5 nitrogen and oxygen atoms in total. The first-order chi connectivity index (χ1) is 15.0. The Bertz CT molecular complexity index is 848. The van der Waals surface area contributed by atoms with Crippen LogP contribution in [0.5, 0.6) is 11.5 Å². The number of methoxy groups -OCH3 is 1. The lowest BCUT2D eigenvalue weighted by molar-refractivity contribution is -0.111. The third-order valence-electron chi connectivity index (χ3n) is 4.66. The predicted octanol–water partition coefficient (Wildman–Crippen LogP) is 5.89. The number of nitrogens with zero attached hydrogens (tertiary/aromatic N) is 1. The Kier molecular flexibility index (Phi) is 11.0. The van der Waals surface area contributed by atoms with Gasteiger partial charge >= 0.3 is 0 Å². The van der Waals surface area contributed by atoms with Gasteiger partial charge in [0.15, 0.2) is 11.5 Å². The Labute approximate surface area is 191 Å². The van der Waals surface area contributed by atoms with Gasteiger partial charge in [-0.2, -0.15) is 0 Å². The molecule has 2 aromatic carbocycles. The summed E-state index contributed by atoms with van der Waals surface area (Å²) in [7, 11) is 1.61. The summed E-state index contributed by atoms with van der Waals surface area (Å²) in [6, 6.07) is 12.7. The number of ether oxygens (including phenoxy) is 2. The smallest absolute Gasteiger partial charge is 0.248 e. The minimum Gasteiger partial charge on any atom is -0.493 e. The summed E-state index contributed by atoms with van der Waals surface area (Å²) in [5, 5.41) is 3.49. The average molecular weight is 445 g/mol. The molecule has 6 heteroatoms. The minimum absolute atomic E-state index is 0.231. The van der Waals surface area contributed by atoms with Gasteiger partial charge in [-0.3, -0.25) is 4.79 Å². The number of carbonyl (C=O) groups excluding carboxylic acids is 1. The van der Waals surface area contributed by atoms with Crippen LogP contribution in [0.1, 0.15) is 38.7 Å². The molecule has 2 rings (SSSR count). The van der Waals surface area contributed by atoms with Gasteiger partial charge < -0.3 is 19.7 Å².